The number of nitrogens with one attached hydrogen (secondary N) is 1. The molecule has 2 atom stereocenters. The molecular formula is C16H25N3O. The van der Waals surface area contributed by atoms with Crippen LogP contribution in [0.1, 0.15) is 50.5 Å². The van der Waals surface area contributed by atoms with Gasteiger partial charge in [-0.25, -0.2) is 0 Å². The van der Waals surface area contributed by atoms with Crippen LogP contribution in [0.25, 0.3) is 0 Å². The number of piperidine rings is 1. The van der Waals surface area contributed by atoms with Crippen molar-refractivity contribution in [1.29, 1.82) is 0 Å². The van der Waals surface area contributed by atoms with Crippen LogP contribution in [-0.4, -0.2) is 34.9 Å². The average Bonchev–Trinajstić information content (AvgIpc) is 2.47. The van der Waals surface area contributed by atoms with Crippen molar-refractivity contribution in [2.75, 3.05) is 18.4 Å². The first-order valence-corrected chi connectivity index (χ1v) is 7.62. The zero-order valence-corrected chi connectivity index (χ0v) is 12.7. The van der Waals surface area contributed by atoms with Crippen LogP contribution in [0.4, 0.5) is 5.69 Å². The van der Waals surface area contributed by atoms with E-state index in [0.717, 1.165) is 31.6 Å². The van der Waals surface area contributed by atoms with E-state index < -0.39 is 0 Å². The molecule has 0 aromatic carbocycles. The number of anilines is 1. The molecule has 110 valence electrons. The van der Waals surface area contributed by atoms with Crippen LogP contribution in [0.15, 0.2) is 18.3 Å². The van der Waals surface area contributed by atoms with E-state index in [2.05, 4.69) is 31.1 Å². The third kappa shape index (κ3) is 3.50. The van der Waals surface area contributed by atoms with Crippen LogP contribution in [0.5, 0.6) is 0 Å². The number of hydrogen-bond donors (Lipinski definition) is 1. The van der Waals surface area contributed by atoms with Crippen molar-refractivity contribution < 1.29 is 4.79 Å². The summed E-state index contributed by atoms with van der Waals surface area (Å²) < 4.78 is 0. The van der Waals surface area contributed by atoms with Crippen LogP contribution in [0, 0.1) is 5.92 Å². The zero-order valence-electron chi connectivity index (χ0n) is 12.7. The van der Waals surface area contributed by atoms with E-state index in [9.17, 15) is 4.79 Å². The van der Waals surface area contributed by atoms with Gasteiger partial charge in [-0.3, -0.25) is 9.78 Å². The number of rotatable bonds is 4. The van der Waals surface area contributed by atoms with Gasteiger partial charge in [0.15, 0.2) is 0 Å². The fourth-order valence-corrected chi connectivity index (χ4v) is 2.65. The Morgan fingerprint density at radius 2 is 2.25 bits per heavy atom. The third-order valence-corrected chi connectivity index (χ3v) is 3.94. The Balaban J connectivity index is 2.11. The first-order chi connectivity index (χ1) is 9.61. The summed E-state index contributed by atoms with van der Waals surface area (Å²) in [7, 11) is 0. The summed E-state index contributed by atoms with van der Waals surface area (Å²) in [5.74, 6) is 0.640. The Morgan fingerprint density at radius 3 is 3.00 bits per heavy atom. The number of amides is 1. The number of carbonyl (C=O) groups excluding carboxylic acids is 1. The van der Waals surface area contributed by atoms with Crippen LogP contribution in [0.3, 0.4) is 0 Å². The quantitative estimate of drug-likeness (QED) is 0.918. The van der Waals surface area contributed by atoms with E-state index in [1.165, 1.54) is 6.42 Å². The van der Waals surface area contributed by atoms with E-state index in [0.29, 0.717) is 17.7 Å². The third-order valence-electron chi connectivity index (χ3n) is 3.94. The summed E-state index contributed by atoms with van der Waals surface area (Å²) in [4.78, 5) is 18.8. The van der Waals surface area contributed by atoms with Gasteiger partial charge in [-0.2, -0.15) is 0 Å². The summed E-state index contributed by atoms with van der Waals surface area (Å²) in [5.41, 5.74) is 1.52. The summed E-state index contributed by atoms with van der Waals surface area (Å²) in [5, 5.41) is 3.30. The number of hydrogen-bond acceptors (Lipinski definition) is 3. The minimum atomic E-state index is 0.0594. The molecule has 1 aliphatic heterocycles. The highest BCUT2D eigenvalue weighted by Gasteiger charge is 2.28. The molecule has 2 rings (SSSR count). The first-order valence-electron chi connectivity index (χ1n) is 7.62. The van der Waals surface area contributed by atoms with Crippen molar-refractivity contribution in [2.45, 2.75) is 46.1 Å². The van der Waals surface area contributed by atoms with Crippen molar-refractivity contribution in [1.82, 2.24) is 9.88 Å². The van der Waals surface area contributed by atoms with E-state index in [4.69, 9.17) is 0 Å². The molecule has 1 fully saturated rings. The van der Waals surface area contributed by atoms with Gasteiger partial charge in [0.25, 0.3) is 5.91 Å². The molecule has 1 saturated heterocycles. The molecule has 1 N–H and O–H groups in total. The number of nitrogens with zero attached hydrogens (tertiary/aromatic N) is 2. The minimum absolute atomic E-state index is 0.0594. The predicted octanol–water partition coefficient (Wildman–Crippen LogP) is 3.16. The van der Waals surface area contributed by atoms with Crippen molar-refractivity contribution in [2.24, 2.45) is 5.92 Å². The molecular weight excluding hydrogens is 250 g/mol. The zero-order chi connectivity index (χ0) is 14.5. The first kappa shape index (κ1) is 14.8. The molecule has 1 aromatic heterocycles. The molecule has 4 nitrogen and oxygen atoms in total. The van der Waals surface area contributed by atoms with Gasteiger partial charge in [0.1, 0.15) is 5.69 Å². The normalized spacial score (nSPS) is 22.6. The second-order valence-corrected chi connectivity index (χ2v) is 5.85. The summed E-state index contributed by atoms with van der Waals surface area (Å²) >= 11 is 0. The number of carbonyl (C=O) groups is 1. The van der Waals surface area contributed by atoms with Gasteiger partial charge in [-0.15, -0.1) is 0 Å². The molecule has 4 heteroatoms. The second-order valence-electron chi connectivity index (χ2n) is 5.85. The molecule has 2 unspecified atom stereocenters. The smallest absolute Gasteiger partial charge is 0.272 e. The lowest BCUT2D eigenvalue weighted by atomic mass is 9.95. The maximum Gasteiger partial charge on any atom is 0.272 e. The van der Waals surface area contributed by atoms with Gasteiger partial charge >= 0.3 is 0 Å². The van der Waals surface area contributed by atoms with E-state index in [1.54, 1.807) is 6.20 Å². The number of likely N-dealkylation sites (tertiary alicyclic amines) is 1. The molecule has 0 saturated carbocycles. The highest BCUT2D eigenvalue weighted by molar-refractivity contribution is 5.93. The van der Waals surface area contributed by atoms with Crippen molar-refractivity contribution >= 4 is 11.6 Å². The van der Waals surface area contributed by atoms with Gasteiger partial charge in [0.05, 0.1) is 0 Å². The Labute approximate surface area is 121 Å². The van der Waals surface area contributed by atoms with Crippen molar-refractivity contribution in [3.05, 3.63) is 24.0 Å². The highest BCUT2D eigenvalue weighted by Crippen LogP contribution is 2.23. The maximum absolute atomic E-state index is 12.6. The monoisotopic (exact) mass is 275 g/mol. The number of pyridine rings is 1. The van der Waals surface area contributed by atoms with Crippen LogP contribution in [-0.2, 0) is 0 Å². The minimum Gasteiger partial charge on any atom is -0.385 e. The largest absolute Gasteiger partial charge is 0.385 e. The van der Waals surface area contributed by atoms with Crippen LogP contribution >= 0.6 is 0 Å². The molecule has 0 aliphatic carbocycles. The highest BCUT2D eigenvalue weighted by atomic mass is 16.2. The van der Waals surface area contributed by atoms with Crippen molar-refractivity contribution in [3.63, 3.8) is 0 Å². The Morgan fingerprint density at radius 1 is 1.45 bits per heavy atom. The Bertz CT molecular complexity index is 461. The van der Waals surface area contributed by atoms with E-state index >= 15 is 0 Å². The van der Waals surface area contributed by atoms with Gasteiger partial charge in [0.2, 0.25) is 0 Å². The SMILES string of the molecule is CCCNc1ccnc(C(=O)N2CC(C)CCC2C)c1. The van der Waals surface area contributed by atoms with Crippen LogP contribution in [0.2, 0.25) is 0 Å². The lowest BCUT2D eigenvalue weighted by Crippen LogP contribution is -2.45. The molecule has 2 heterocycles. The van der Waals surface area contributed by atoms with E-state index in [-0.39, 0.29) is 5.91 Å². The molecule has 1 aliphatic rings. The average molecular weight is 275 g/mol. The molecule has 1 amide bonds. The van der Waals surface area contributed by atoms with Crippen molar-refractivity contribution in [3.8, 4) is 0 Å². The molecule has 0 radical (unpaired) electrons. The molecule has 0 bridgehead atoms. The standard InChI is InChI=1S/C16H25N3O/c1-4-8-17-14-7-9-18-15(10-14)16(20)19-11-12(2)5-6-13(19)3/h7,9-10,12-13H,4-6,8,11H2,1-3H3,(H,17,18). The predicted molar refractivity (Wildman–Crippen MR) is 81.9 cm³/mol. The van der Waals surface area contributed by atoms with Gasteiger partial charge in [0, 0.05) is 31.0 Å². The fourth-order valence-electron chi connectivity index (χ4n) is 2.65. The summed E-state index contributed by atoms with van der Waals surface area (Å²) in [6.45, 7) is 8.21. The Hall–Kier alpha value is -1.58. The lowest BCUT2D eigenvalue weighted by molar-refractivity contribution is 0.0568. The fraction of sp³-hybridized carbons (Fsp3) is 0.625. The van der Waals surface area contributed by atoms with E-state index in [1.807, 2.05) is 17.0 Å². The summed E-state index contributed by atoms with van der Waals surface area (Å²) in [6, 6.07) is 4.09. The summed E-state index contributed by atoms with van der Waals surface area (Å²) in [6.07, 6.45) is 5.06. The Kier molecular flexibility index (Phi) is 4.99. The van der Waals surface area contributed by atoms with Gasteiger partial charge in [-0.1, -0.05) is 13.8 Å². The van der Waals surface area contributed by atoms with Crippen LogP contribution < -0.4 is 5.32 Å². The number of aromatic nitrogens is 1. The molecule has 20 heavy (non-hydrogen) atoms. The molecule has 0 spiro atoms. The van der Waals surface area contributed by atoms with Gasteiger partial charge in [-0.05, 0) is 44.2 Å². The lowest BCUT2D eigenvalue weighted by Gasteiger charge is -2.36. The molecule has 1 aromatic rings. The van der Waals surface area contributed by atoms with Gasteiger partial charge < -0.3 is 10.2 Å². The maximum atomic E-state index is 12.6. The second kappa shape index (κ2) is 6.73. The topological polar surface area (TPSA) is 45.2 Å².